The zero-order chi connectivity index (χ0) is 10.6. The normalized spacial score (nSPS) is 19.8. The van der Waals surface area contributed by atoms with Crippen LogP contribution in [0.1, 0.15) is 33.1 Å². The van der Waals surface area contributed by atoms with Crippen molar-refractivity contribution in [3.63, 3.8) is 0 Å². The van der Waals surface area contributed by atoms with E-state index in [0.717, 1.165) is 19.3 Å². The summed E-state index contributed by atoms with van der Waals surface area (Å²) in [6, 6.07) is 0. The predicted octanol–water partition coefficient (Wildman–Crippen LogP) is 2.90. The van der Waals surface area contributed by atoms with E-state index < -0.39 is 0 Å². The average molecular weight is 217 g/mol. The van der Waals surface area contributed by atoms with Gasteiger partial charge in [0, 0.05) is 5.88 Å². The summed E-state index contributed by atoms with van der Waals surface area (Å²) in [6.45, 7) is 4.32. The lowest BCUT2D eigenvalue weighted by molar-refractivity contribution is -0.144. The average Bonchev–Trinajstić information content (AvgIpc) is 2.78. The molecule has 3 heteroatoms. The highest BCUT2D eigenvalue weighted by Crippen LogP contribution is 2.42. The molecule has 0 N–H and O–H groups in total. The quantitative estimate of drug-likeness (QED) is 0.295. The van der Waals surface area contributed by atoms with E-state index in [1.807, 2.05) is 13.8 Å². The van der Waals surface area contributed by atoms with E-state index in [4.69, 9.17) is 16.3 Å². The van der Waals surface area contributed by atoms with Crippen LogP contribution in [0.4, 0.5) is 0 Å². The molecule has 0 spiro atoms. The molecule has 0 radical (unpaired) electrons. The van der Waals surface area contributed by atoms with Crippen molar-refractivity contribution >= 4 is 17.6 Å². The fourth-order valence-corrected chi connectivity index (χ4v) is 1.88. The fourth-order valence-electron chi connectivity index (χ4n) is 1.69. The van der Waals surface area contributed by atoms with Gasteiger partial charge in [-0.15, -0.1) is 11.6 Å². The van der Waals surface area contributed by atoms with Crippen molar-refractivity contribution in [2.24, 2.45) is 5.92 Å². The summed E-state index contributed by atoms with van der Waals surface area (Å²) in [5.41, 5.74) is 2.48. The minimum atomic E-state index is -0.0779. The molecule has 0 saturated heterocycles. The van der Waals surface area contributed by atoms with E-state index >= 15 is 0 Å². The number of carbonyl (C=O) groups is 1. The molecule has 0 amide bonds. The van der Waals surface area contributed by atoms with Crippen molar-refractivity contribution in [2.45, 2.75) is 33.1 Å². The Morgan fingerprint density at radius 3 is 2.79 bits per heavy atom. The molecule has 1 atom stereocenters. The lowest BCUT2D eigenvalue weighted by Gasteiger charge is -2.01. The van der Waals surface area contributed by atoms with Gasteiger partial charge in [0.2, 0.25) is 0 Å². The minimum Gasteiger partial charge on any atom is -0.465 e. The summed E-state index contributed by atoms with van der Waals surface area (Å²) < 4.78 is 4.97. The number of esters is 1. The van der Waals surface area contributed by atoms with E-state index in [-0.39, 0.29) is 11.9 Å². The molecule has 80 valence electrons. The smallest absolute Gasteiger partial charge is 0.317 e. The molecule has 1 rings (SSSR count). The zero-order valence-electron chi connectivity index (χ0n) is 8.81. The minimum absolute atomic E-state index is 0.00488. The molecule has 0 fully saturated rings. The van der Waals surface area contributed by atoms with Gasteiger partial charge in [-0.05, 0) is 33.1 Å². The molecule has 0 aromatic rings. The standard InChI is InChI=1S/C11H17ClO2/c1-3-14-11(13)10-8(2)9(10)6-4-5-7-12/h10H,3-7H2,1-2H3/t10-/m1/s1. The number of alkyl halides is 1. The van der Waals surface area contributed by atoms with Crippen molar-refractivity contribution in [1.29, 1.82) is 0 Å². The maximum atomic E-state index is 11.4. The van der Waals surface area contributed by atoms with Crippen molar-refractivity contribution in [3.8, 4) is 0 Å². The molecular weight excluding hydrogens is 200 g/mol. The molecule has 0 aliphatic heterocycles. The van der Waals surface area contributed by atoms with Crippen LogP contribution in [0, 0.1) is 5.92 Å². The maximum Gasteiger partial charge on any atom is 0.317 e. The van der Waals surface area contributed by atoms with Crippen LogP contribution in [-0.2, 0) is 9.53 Å². The van der Waals surface area contributed by atoms with Crippen molar-refractivity contribution < 1.29 is 9.53 Å². The molecule has 0 aromatic heterocycles. The number of hydrogen-bond acceptors (Lipinski definition) is 2. The molecule has 1 aliphatic rings. The Balaban J connectivity index is 2.25. The topological polar surface area (TPSA) is 26.3 Å². The van der Waals surface area contributed by atoms with Gasteiger partial charge in [-0.1, -0.05) is 11.1 Å². The Morgan fingerprint density at radius 1 is 1.50 bits per heavy atom. The number of carbonyl (C=O) groups excluding carboxylic acids is 1. The first-order valence-corrected chi connectivity index (χ1v) is 5.68. The predicted molar refractivity (Wildman–Crippen MR) is 57.4 cm³/mol. The lowest BCUT2D eigenvalue weighted by Crippen LogP contribution is -2.09. The van der Waals surface area contributed by atoms with Crippen LogP contribution in [0.25, 0.3) is 0 Å². The van der Waals surface area contributed by atoms with E-state index in [0.29, 0.717) is 12.5 Å². The van der Waals surface area contributed by atoms with Crippen LogP contribution >= 0.6 is 11.6 Å². The third-order valence-corrected chi connectivity index (χ3v) is 2.82. The number of unbranched alkanes of at least 4 members (excludes halogenated alkanes) is 1. The van der Waals surface area contributed by atoms with Crippen LogP contribution in [0.3, 0.4) is 0 Å². The Bertz CT molecular complexity index is 246. The summed E-state index contributed by atoms with van der Waals surface area (Å²) in [7, 11) is 0. The first kappa shape index (κ1) is 11.6. The fraction of sp³-hybridized carbons (Fsp3) is 0.727. The van der Waals surface area contributed by atoms with Gasteiger partial charge in [-0.2, -0.15) is 0 Å². The highest BCUT2D eigenvalue weighted by atomic mass is 35.5. The van der Waals surface area contributed by atoms with Crippen LogP contribution < -0.4 is 0 Å². The third-order valence-electron chi connectivity index (χ3n) is 2.56. The van der Waals surface area contributed by atoms with Crippen molar-refractivity contribution in [1.82, 2.24) is 0 Å². The first-order chi connectivity index (χ1) is 6.72. The van der Waals surface area contributed by atoms with Gasteiger partial charge in [-0.25, -0.2) is 0 Å². The van der Waals surface area contributed by atoms with Gasteiger partial charge >= 0.3 is 5.97 Å². The van der Waals surface area contributed by atoms with Gasteiger partial charge < -0.3 is 4.74 Å². The first-order valence-electron chi connectivity index (χ1n) is 5.14. The summed E-state index contributed by atoms with van der Waals surface area (Å²) in [6.07, 6.45) is 3.10. The van der Waals surface area contributed by atoms with Crippen molar-refractivity contribution in [2.75, 3.05) is 12.5 Å². The van der Waals surface area contributed by atoms with Crippen LogP contribution in [-0.4, -0.2) is 18.5 Å². The van der Waals surface area contributed by atoms with Gasteiger partial charge in [-0.3, -0.25) is 4.79 Å². The molecule has 14 heavy (non-hydrogen) atoms. The molecule has 0 bridgehead atoms. The SMILES string of the molecule is CCOC(=O)[C@@H]1C(C)=C1CCCCCl. The second-order valence-corrected chi connectivity index (χ2v) is 3.92. The summed E-state index contributed by atoms with van der Waals surface area (Å²) in [5, 5.41) is 0. The van der Waals surface area contributed by atoms with Gasteiger partial charge in [0.1, 0.15) is 0 Å². The Kier molecular flexibility index (Phi) is 4.46. The highest BCUT2D eigenvalue weighted by Gasteiger charge is 2.39. The van der Waals surface area contributed by atoms with Crippen LogP contribution in [0.2, 0.25) is 0 Å². The second-order valence-electron chi connectivity index (χ2n) is 3.54. The van der Waals surface area contributed by atoms with Gasteiger partial charge in [0.25, 0.3) is 0 Å². The molecular formula is C11H17ClO2. The number of halogens is 1. The molecule has 1 aliphatic carbocycles. The van der Waals surface area contributed by atoms with Crippen LogP contribution in [0.15, 0.2) is 11.1 Å². The Hall–Kier alpha value is -0.500. The molecule has 0 aromatic carbocycles. The molecule has 0 unspecified atom stereocenters. The Morgan fingerprint density at radius 2 is 2.21 bits per heavy atom. The van der Waals surface area contributed by atoms with Crippen molar-refractivity contribution in [3.05, 3.63) is 11.1 Å². The molecule has 0 saturated carbocycles. The number of ether oxygens (including phenoxy) is 1. The summed E-state index contributed by atoms with van der Waals surface area (Å²) in [4.78, 5) is 11.4. The number of hydrogen-bond donors (Lipinski definition) is 0. The largest absolute Gasteiger partial charge is 0.465 e. The molecule has 0 heterocycles. The zero-order valence-corrected chi connectivity index (χ0v) is 9.56. The van der Waals surface area contributed by atoms with E-state index in [9.17, 15) is 4.79 Å². The maximum absolute atomic E-state index is 11.4. The summed E-state index contributed by atoms with van der Waals surface area (Å²) >= 11 is 5.58. The van der Waals surface area contributed by atoms with E-state index in [1.165, 1.54) is 11.1 Å². The van der Waals surface area contributed by atoms with E-state index in [1.54, 1.807) is 0 Å². The van der Waals surface area contributed by atoms with Gasteiger partial charge in [0.05, 0.1) is 12.5 Å². The highest BCUT2D eigenvalue weighted by molar-refractivity contribution is 6.17. The van der Waals surface area contributed by atoms with Crippen LogP contribution in [0.5, 0.6) is 0 Å². The summed E-state index contributed by atoms with van der Waals surface area (Å²) in [5.74, 6) is 0.632. The van der Waals surface area contributed by atoms with Gasteiger partial charge in [0.15, 0.2) is 0 Å². The monoisotopic (exact) mass is 216 g/mol. The Labute approximate surface area is 90.3 Å². The molecule has 2 nitrogen and oxygen atoms in total. The van der Waals surface area contributed by atoms with E-state index in [2.05, 4.69) is 0 Å². The third kappa shape index (κ3) is 2.74. The second kappa shape index (κ2) is 5.40. The number of rotatable bonds is 6. The lowest BCUT2D eigenvalue weighted by atomic mass is 10.1.